The molecule has 18 heavy (non-hydrogen) atoms. The molecule has 2 nitrogen and oxygen atoms in total. The van der Waals surface area contributed by atoms with E-state index in [0.29, 0.717) is 11.8 Å². The zero-order valence-corrected chi connectivity index (χ0v) is 12.5. The molecule has 102 valence electrons. The van der Waals surface area contributed by atoms with E-state index in [1.807, 2.05) is 18.2 Å². The predicted octanol–water partition coefficient (Wildman–Crippen LogP) is 3.39. The fourth-order valence-electron chi connectivity index (χ4n) is 2.33. The Hall–Kier alpha value is -0.570. The van der Waals surface area contributed by atoms with Crippen molar-refractivity contribution in [1.29, 1.82) is 0 Å². The van der Waals surface area contributed by atoms with Crippen molar-refractivity contribution in [3.8, 4) is 0 Å². The Balaban J connectivity index is 2.50. The molecule has 0 radical (unpaired) electrons. The van der Waals surface area contributed by atoms with E-state index < -0.39 is 0 Å². The van der Waals surface area contributed by atoms with Gasteiger partial charge in [0.25, 0.3) is 0 Å². The van der Waals surface area contributed by atoms with Crippen LogP contribution in [0.25, 0.3) is 0 Å². The van der Waals surface area contributed by atoms with Crippen molar-refractivity contribution in [3.05, 3.63) is 34.9 Å². The summed E-state index contributed by atoms with van der Waals surface area (Å²) in [4.78, 5) is 2.31. The van der Waals surface area contributed by atoms with Crippen molar-refractivity contribution in [2.45, 2.75) is 26.8 Å². The van der Waals surface area contributed by atoms with E-state index in [4.69, 9.17) is 17.3 Å². The van der Waals surface area contributed by atoms with Crippen molar-refractivity contribution in [2.24, 2.45) is 17.6 Å². The molecular weight excluding hydrogens is 244 g/mol. The standard InChI is InChI=1S/C15H25ClN2/c1-12(2)8-13(9-17)10-18(3)11-14-6-4-5-7-15(14)16/h4-7,12-13H,8-11,17H2,1-3H3. The van der Waals surface area contributed by atoms with Gasteiger partial charge in [-0.25, -0.2) is 0 Å². The molecule has 0 aliphatic rings. The normalized spacial score (nSPS) is 13.3. The van der Waals surface area contributed by atoms with Crippen LogP contribution in [0.1, 0.15) is 25.8 Å². The van der Waals surface area contributed by atoms with Crippen molar-refractivity contribution in [1.82, 2.24) is 4.90 Å². The molecule has 0 fully saturated rings. The molecule has 1 aromatic rings. The Bertz CT molecular complexity index is 352. The minimum absolute atomic E-state index is 0.567. The molecule has 0 aliphatic carbocycles. The van der Waals surface area contributed by atoms with Gasteiger partial charge in [0.2, 0.25) is 0 Å². The van der Waals surface area contributed by atoms with Crippen LogP contribution in [0, 0.1) is 11.8 Å². The molecule has 1 unspecified atom stereocenters. The lowest BCUT2D eigenvalue weighted by Gasteiger charge is -2.24. The van der Waals surface area contributed by atoms with Gasteiger partial charge in [-0.1, -0.05) is 43.6 Å². The summed E-state index contributed by atoms with van der Waals surface area (Å²) in [6.07, 6.45) is 1.18. The van der Waals surface area contributed by atoms with Crippen LogP contribution >= 0.6 is 11.6 Å². The second-order valence-electron chi connectivity index (χ2n) is 5.52. The maximum Gasteiger partial charge on any atom is 0.0451 e. The van der Waals surface area contributed by atoms with Crippen LogP contribution in [0.3, 0.4) is 0 Å². The zero-order chi connectivity index (χ0) is 13.5. The number of nitrogens with zero attached hydrogens (tertiary/aromatic N) is 1. The van der Waals surface area contributed by atoms with Gasteiger partial charge in [0.1, 0.15) is 0 Å². The molecule has 0 bridgehead atoms. The molecule has 0 amide bonds. The molecule has 3 heteroatoms. The molecular formula is C15H25ClN2. The first-order chi connectivity index (χ1) is 8.52. The van der Waals surface area contributed by atoms with E-state index in [-0.39, 0.29) is 0 Å². The van der Waals surface area contributed by atoms with E-state index in [2.05, 4.69) is 31.9 Å². The number of hydrogen-bond acceptors (Lipinski definition) is 2. The van der Waals surface area contributed by atoms with Gasteiger partial charge in [0.15, 0.2) is 0 Å². The minimum Gasteiger partial charge on any atom is -0.330 e. The lowest BCUT2D eigenvalue weighted by Crippen LogP contribution is -2.30. The van der Waals surface area contributed by atoms with Crippen LogP contribution in [0.2, 0.25) is 5.02 Å². The molecule has 1 atom stereocenters. The van der Waals surface area contributed by atoms with E-state index in [9.17, 15) is 0 Å². The topological polar surface area (TPSA) is 29.3 Å². The molecule has 0 aliphatic heterocycles. The monoisotopic (exact) mass is 268 g/mol. The fourth-order valence-corrected chi connectivity index (χ4v) is 2.53. The van der Waals surface area contributed by atoms with Crippen LogP contribution in [0.4, 0.5) is 0 Å². The maximum atomic E-state index is 6.17. The van der Waals surface area contributed by atoms with Gasteiger partial charge < -0.3 is 10.6 Å². The first kappa shape index (κ1) is 15.5. The van der Waals surface area contributed by atoms with Crippen molar-refractivity contribution < 1.29 is 0 Å². The highest BCUT2D eigenvalue weighted by atomic mass is 35.5. The molecule has 1 rings (SSSR count). The second kappa shape index (κ2) is 7.78. The maximum absolute atomic E-state index is 6.17. The summed E-state index contributed by atoms with van der Waals surface area (Å²) >= 11 is 6.17. The van der Waals surface area contributed by atoms with Crippen LogP contribution < -0.4 is 5.73 Å². The van der Waals surface area contributed by atoms with Crippen molar-refractivity contribution in [2.75, 3.05) is 20.1 Å². The Kier molecular flexibility index (Phi) is 6.69. The van der Waals surface area contributed by atoms with Gasteiger partial charge in [-0.15, -0.1) is 0 Å². The largest absolute Gasteiger partial charge is 0.330 e. The number of benzene rings is 1. The summed E-state index contributed by atoms with van der Waals surface area (Å²) in [6, 6.07) is 8.02. The highest BCUT2D eigenvalue weighted by molar-refractivity contribution is 6.31. The second-order valence-corrected chi connectivity index (χ2v) is 5.93. The third kappa shape index (κ3) is 5.38. The van der Waals surface area contributed by atoms with Gasteiger partial charge in [-0.05, 0) is 43.5 Å². The van der Waals surface area contributed by atoms with E-state index in [1.54, 1.807) is 0 Å². The van der Waals surface area contributed by atoms with Gasteiger partial charge in [0, 0.05) is 18.1 Å². The van der Waals surface area contributed by atoms with E-state index in [1.165, 1.54) is 12.0 Å². The van der Waals surface area contributed by atoms with Gasteiger partial charge in [0.05, 0.1) is 0 Å². The Morgan fingerprint density at radius 1 is 1.28 bits per heavy atom. The summed E-state index contributed by atoms with van der Waals surface area (Å²) in [5.74, 6) is 1.27. The summed E-state index contributed by atoms with van der Waals surface area (Å²) < 4.78 is 0. The third-order valence-electron chi connectivity index (χ3n) is 3.11. The summed E-state index contributed by atoms with van der Waals surface area (Å²) in [5, 5.41) is 0.845. The van der Waals surface area contributed by atoms with Gasteiger partial charge in [-0.2, -0.15) is 0 Å². The molecule has 0 aromatic heterocycles. The molecule has 0 heterocycles. The van der Waals surface area contributed by atoms with Crippen molar-refractivity contribution >= 4 is 11.6 Å². The lowest BCUT2D eigenvalue weighted by atomic mass is 9.96. The molecule has 0 saturated heterocycles. The first-order valence-corrected chi connectivity index (χ1v) is 7.02. The van der Waals surface area contributed by atoms with Crippen LogP contribution in [0.15, 0.2) is 24.3 Å². The van der Waals surface area contributed by atoms with Gasteiger partial charge in [-0.3, -0.25) is 0 Å². The van der Waals surface area contributed by atoms with Crippen LogP contribution in [-0.2, 0) is 6.54 Å². The quantitative estimate of drug-likeness (QED) is 0.821. The Morgan fingerprint density at radius 3 is 2.50 bits per heavy atom. The summed E-state index contributed by atoms with van der Waals surface area (Å²) in [6.45, 7) is 7.16. The smallest absolute Gasteiger partial charge is 0.0451 e. The van der Waals surface area contributed by atoms with E-state index in [0.717, 1.165) is 24.7 Å². The molecule has 0 saturated carbocycles. The first-order valence-electron chi connectivity index (χ1n) is 6.65. The predicted molar refractivity (Wildman–Crippen MR) is 79.8 cm³/mol. The minimum atomic E-state index is 0.567. The zero-order valence-electron chi connectivity index (χ0n) is 11.7. The Labute approximate surface area is 116 Å². The summed E-state index contributed by atoms with van der Waals surface area (Å²) in [5.41, 5.74) is 7.02. The number of nitrogens with two attached hydrogens (primary N) is 1. The highest BCUT2D eigenvalue weighted by Gasteiger charge is 2.12. The number of hydrogen-bond donors (Lipinski definition) is 1. The molecule has 1 aromatic carbocycles. The average molecular weight is 269 g/mol. The van der Waals surface area contributed by atoms with Gasteiger partial charge >= 0.3 is 0 Å². The van der Waals surface area contributed by atoms with Crippen LogP contribution in [0.5, 0.6) is 0 Å². The molecule has 0 spiro atoms. The number of rotatable bonds is 7. The fraction of sp³-hybridized carbons (Fsp3) is 0.600. The Morgan fingerprint density at radius 2 is 1.94 bits per heavy atom. The average Bonchev–Trinajstić information content (AvgIpc) is 2.30. The van der Waals surface area contributed by atoms with Crippen molar-refractivity contribution in [3.63, 3.8) is 0 Å². The summed E-state index contributed by atoms with van der Waals surface area (Å²) in [7, 11) is 2.13. The SMILES string of the molecule is CC(C)CC(CN)CN(C)Cc1ccccc1Cl. The number of halogens is 1. The molecule has 2 N–H and O–H groups in total. The van der Waals surface area contributed by atoms with E-state index >= 15 is 0 Å². The van der Waals surface area contributed by atoms with Crippen LogP contribution in [-0.4, -0.2) is 25.0 Å². The lowest BCUT2D eigenvalue weighted by molar-refractivity contribution is 0.250. The highest BCUT2D eigenvalue weighted by Crippen LogP contribution is 2.18. The third-order valence-corrected chi connectivity index (χ3v) is 3.47.